The van der Waals surface area contributed by atoms with Gasteiger partial charge < -0.3 is 9.84 Å². The van der Waals surface area contributed by atoms with Crippen molar-refractivity contribution >= 4 is 22.9 Å². The van der Waals surface area contributed by atoms with E-state index in [0.717, 1.165) is 26.1 Å². The molecule has 0 radical (unpaired) electrons. The van der Waals surface area contributed by atoms with E-state index in [2.05, 4.69) is 0 Å². The zero-order valence-electron chi connectivity index (χ0n) is 10.3. The van der Waals surface area contributed by atoms with Crippen LogP contribution >= 0.6 is 22.9 Å². The lowest BCUT2D eigenvalue weighted by Gasteiger charge is -2.09. The van der Waals surface area contributed by atoms with Crippen LogP contribution < -0.4 is 4.74 Å². The fraction of sp³-hybridized carbons (Fsp3) is 0.286. The molecule has 1 aromatic carbocycles. The molecule has 2 aromatic rings. The Balaban J connectivity index is 2.08. The van der Waals surface area contributed by atoms with Crippen LogP contribution in [0.15, 0.2) is 30.3 Å². The highest BCUT2D eigenvalue weighted by Gasteiger charge is 2.13. The average molecular weight is 283 g/mol. The van der Waals surface area contributed by atoms with Crippen molar-refractivity contribution in [3.8, 4) is 5.75 Å². The molecule has 0 aliphatic heterocycles. The lowest BCUT2D eigenvalue weighted by molar-refractivity contribution is 0.182. The van der Waals surface area contributed by atoms with Crippen molar-refractivity contribution in [2.24, 2.45) is 0 Å². The lowest BCUT2D eigenvalue weighted by atomic mass is 10.1. The number of methoxy groups -OCH3 is 1. The van der Waals surface area contributed by atoms with Gasteiger partial charge in [0.25, 0.3) is 0 Å². The van der Waals surface area contributed by atoms with Crippen LogP contribution in [0.4, 0.5) is 0 Å². The standard InChI is InChI=1S/C14H15ClO2S/c1-9-7-13(18-14(9)15)12(16)8-10-3-5-11(17-2)6-4-10/h3-7,12,16H,8H2,1-2H3. The molecule has 0 bridgehead atoms. The molecule has 1 aromatic heterocycles. The van der Waals surface area contributed by atoms with Crippen LogP contribution in [0.5, 0.6) is 5.75 Å². The second-order valence-corrected chi connectivity index (χ2v) is 5.86. The van der Waals surface area contributed by atoms with E-state index in [1.165, 1.54) is 11.3 Å². The molecule has 2 nitrogen and oxygen atoms in total. The zero-order chi connectivity index (χ0) is 13.1. The van der Waals surface area contributed by atoms with Crippen LogP contribution in [0.3, 0.4) is 0 Å². The van der Waals surface area contributed by atoms with Crippen LogP contribution in [0.2, 0.25) is 4.34 Å². The van der Waals surface area contributed by atoms with E-state index >= 15 is 0 Å². The number of halogens is 1. The van der Waals surface area contributed by atoms with Gasteiger partial charge in [-0.15, -0.1) is 11.3 Å². The first-order valence-corrected chi connectivity index (χ1v) is 6.86. The Morgan fingerprint density at radius 3 is 2.50 bits per heavy atom. The van der Waals surface area contributed by atoms with Crippen molar-refractivity contribution in [2.45, 2.75) is 19.4 Å². The molecule has 18 heavy (non-hydrogen) atoms. The van der Waals surface area contributed by atoms with Crippen LogP contribution in [0.1, 0.15) is 22.1 Å². The van der Waals surface area contributed by atoms with Gasteiger partial charge >= 0.3 is 0 Å². The summed E-state index contributed by atoms with van der Waals surface area (Å²) in [6.45, 7) is 1.95. The van der Waals surface area contributed by atoms with Crippen molar-refractivity contribution in [2.75, 3.05) is 7.11 Å². The number of ether oxygens (including phenoxy) is 1. The maximum atomic E-state index is 10.2. The number of hydrogen-bond donors (Lipinski definition) is 1. The predicted octanol–water partition coefficient (Wildman–Crippen LogP) is 3.99. The molecule has 4 heteroatoms. The topological polar surface area (TPSA) is 29.5 Å². The van der Waals surface area contributed by atoms with Crippen molar-refractivity contribution in [1.82, 2.24) is 0 Å². The van der Waals surface area contributed by atoms with Crippen molar-refractivity contribution in [3.05, 3.63) is 50.7 Å². The van der Waals surface area contributed by atoms with Crippen molar-refractivity contribution < 1.29 is 9.84 Å². The number of aliphatic hydroxyl groups excluding tert-OH is 1. The van der Waals surface area contributed by atoms with Gasteiger partial charge in [0.2, 0.25) is 0 Å². The van der Waals surface area contributed by atoms with Crippen LogP contribution in [-0.4, -0.2) is 12.2 Å². The molecular formula is C14H15ClO2S. The Bertz CT molecular complexity index is 500. The minimum absolute atomic E-state index is 0.505. The molecule has 1 N–H and O–H groups in total. The van der Waals surface area contributed by atoms with Gasteiger partial charge in [-0.2, -0.15) is 0 Å². The van der Waals surface area contributed by atoms with Crippen LogP contribution in [0, 0.1) is 6.92 Å². The minimum atomic E-state index is -0.505. The van der Waals surface area contributed by atoms with Gasteiger partial charge in [-0.3, -0.25) is 0 Å². The Labute approximate surface area is 116 Å². The zero-order valence-corrected chi connectivity index (χ0v) is 11.9. The first-order chi connectivity index (χ1) is 8.60. The highest BCUT2D eigenvalue weighted by Crippen LogP contribution is 2.32. The van der Waals surface area contributed by atoms with Gasteiger partial charge in [0, 0.05) is 11.3 Å². The molecule has 0 saturated carbocycles. The maximum absolute atomic E-state index is 10.2. The molecule has 1 unspecified atom stereocenters. The summed E-state index contributed by atoms with van der Waals surface area (Å²) >= 11 is 7.45. The van der Waals surface area contributed by atoms with E-state index in [1.807, 2.05) is 37.3 Å². The van der Waals surface area contributed by atoms with E-state index in [4.69, 9.17) is 16.3 Å². The summed E-state index contributed by atoms with van der Waals surface area (Å²) in [5, 5.41) is 10.2. The molecule has 1 heterocycles. The van der Waals surface area contributed by atoms with Gasteiger partial charge in [0.05, 0.1) is 17.6 Å². The highest BCUT2D eigenvalue weighted by atomic mass is 35.5. The van der Waals surface area contributed by atoms with E-state index in [9.17, 15) is 5.11 Å². The molecule has 1 atom stereocenters. The molecule has 0 fully saturated rings. The lowest BCUT2D eigenvalue weighted by Crippen LogP contribution is -1.99. The van der Waals surface area contributed by atoms with E-state index < -0.39 is 6.10 Å². The Morgan fingerprint density at radius 2 is 2.00 bits per heavy atom. The molecule has 0 saturated heterocycles. The number of hydrogen-bond acceptors (Lipinski definition) is 3. The Morgan fingerprint density at radius 1 is 1.33 bits per heavy atom. The third-order valence-electron chi connectivity index (χ3n) is 2.79. The highest BCUT2D eigenvalue weighted by molar-refractivity contribution is 7.16. The predicted molar refractivity (Wildman–Crippen MR) is 75.7 cm³/mol. The van der Waals surface area contributed by atoms with Gasteiger partial charge in [0.15, 0.2) is 0 Å². The van der Waals surface area contributed by atoms with Gasteiger partial charge in [-0.05, 0) is 36.2 Å². The third-order valence-corrected chi connectivity index (χ3v) is 4.45. The van der Waals surface area contributed by atoms with Crippen molar-refractivity contribution in [3.63, 3.8) is 0 Å². The second-order valence-electron chi connectivity index (χ2n) is 4.17. The number of aryl methyl sites for hydroxylation is 1. The van der Waals surface area contributed by atoms with Gasteiger partial charge in [-0.1, -0.05) is 23.7 Å². The summed E-state index contributed by atoms with van der Waals surface area (Å²) in [7, 11) is 1.64. The number of benzene rings is 1. The Hall–Kier alpha value is -1.03. The first-order valence-electron chi connectivity index (χ1n) is 5.67. The third kappa shape index (κ3) is 3.05. The molecule has 0 aliphatic rings. The SMILES string of the molecule is COc1ccc(CC(O)c2cc(C)c(Cl)s2)cc1. The summed E-state index contributed by atoms with van der Waals surface area (Å²) < 4.78 is 5.85. The normalized spacial score (nSPS) is 12.4. The summed E-state index contributed by atoms with van der Waals surface area (Å²) in [4.78, 5) is 0.910. The Kier molecular flexibility index (Phi) is 4.27. The van der Waals surface area contributed by atoms with Gasteiger partial charge in [-0.25, -0.2) is 0 Å². The maximum Gasteiger partial charge on any atom is 0.118 e. The van der Waals surface area contributed by atoms with E-state index in [0.29, 0.717) is 6.42 Å². The molecular weight excluding hydrogens is 268 g/mol. The average Bonchev–Trinajstić information content (AvgIpc) is 2.71. The minimum Gasteiger partial charge on any atom is -0.497 e. The number of rotatable bonds is 4. The summed E-state index contributed by atoms with van der Waals surface area (Å²) in [5.74, 6) is 0.822. The van der Waals surface area contributed by atoms with Crippen LogP contribution in [0.25, 0.3) is 0 Å². The monoisotopic (exact) mass is 282 g/mol. The van der Waals surface area contributed by atoms with Crippen LogP contribution in [-0.2, 0) is 6.42 Å². The van der Waals surface area contributed by atoms with Gasteiger partial charge in [0.1, 0.15) is 5.75 Å². The fourth-order valence-corrected chi connectivity index (χ4v) is 2.94. The van der Waals surface area contributed by atoms with E-state index in [-0.39, 0.29) is 0 Å². The molecule has 96 valence electrons. The molecule has 0 aliphatic carbocycles. The fourth-order valence-electron chi connectivity index (χ4n) is 1.73. The van der Waals surface area contributed by atoms with E-state index in [1.54, 1.807) is 7.11 Å². The number of aliphatic hydroxyl groups is 1. The van der Waals surface area contributed by atoms with Crippen molar-refractivity contribution in [1.29, 1.82) is 0 Å². The summed E-state index contributed by atoms with van der Waals surface area (Å²) in [6.07, 6.45) is 0.0786. The molecule has 2 rings (SSSR count). The molecule has 0 spiro atoms. The smallest absolute Gasteiger partial charge is 0.118 e. The first kappa shape index (κ1) is 13.4. The quantitative estimate of drug-likeness (QED) is 0.919. The second kappa shape index (κ2) is 5.74. The largest absolute Gasteiger partial charge is 0.497 e. The summed E-state index contributed by atoms with van der Waals surface area (Å²) in [6, 6.07) is 9.67. The summed E-state index contributed by atoms with van der Waals surface area (Å²) in [5.41, 5.74) is 2.09. The molecule has 0 amide bonds. The number of thiophene rings is 1.